The molecule has 13 heavy (non-hydrogen) atoms. The van der Waals surface area contributed by atoms with Crippen LogP contribution in [0.1, 0.15) is 5.76 Å². The summed E-state index contributed by atoms with van der Waals surface area (Å²) in [6.07, 6.45) is 3.30. The van der Waals surface area contributed by atoms with Crippen LogP contribution in [-0.4, -0.2) is 10.1 Å². The van der Waals surface area contributed by atoms with Crippen molar-refractivity contribution in [3.05, 3.63) is 35.3 Å². The zero-order chi connectivity index (χ0) is 9.26. The summed E-state index contributed by atoms with van der Waals surface area (Å²) in [6, 6.07) is 3.55. The van der Waals surface area contributed by atoms with Crippen LogP contribution < -0.4 is 0 Å². The summed E-state index contributed by atoms with van der Waals surface area (Å²) in [5, 5.41) is 4.48. The summed E-state index contributed by atoms with van der Waals surface area (Å²) in [4.78, 5) is 3.97. The Morgan fingerprint density at radius 1 is 1.46 bits per heavy atom. The first kappa shape index (κ1) is 8.26. The Morgan fingerprint density at radius 2 is 2.31 bits per heavy atom. The number of hydrogen-bond donors (Lipinski definition) is 0. The molecule has 0 spiro atoms. The first-order valence-corrected chi connectivity index (χ1v) is 4.18. The van der Waals surface area contributed by atoms with Crippen molar-refractivity contribution in [2.24, 2.45) is 0 Å². The van der Waals surface area contributed by atoms with Crippen molar-refractivity contribution in [2.75, 3.05) is 0 Å². The highest BCUT2D eigenvalue weighted by Crippen LogP contribution is 2.25. The fourth-order valence-electron chi connectivity index (χ4n) is 1.06. The van der Waals surface area contributed by atoms with Gasteiger partial charge in [-0.3, -0.25) is 4.98 Å². The molecular formula is C9H7ClN2O. The molecule has 0 radical (unpaired) electrons. The van der Waals surface area contributed by atoms with E-state index >= 15 is 0 Å². The summed E-state index contributed by atoms with van der Waals surface area (Å²) in [5.74, 6) is 0.759. The minimum Gasteiger partial charge on any atom is -0.361 e. The Morgan fingerprint density at radius 3 is 2.92 bits per heavy atom. The molecule has 0 N–H and O–H groups in total. The molecule has 0 atom stereocenters. The van der Waals surface area contributed by atoms with Crippen molar-refractivity contribution in [3.8, 4) is 11.3 Å². The van der Waals surface area contributed by atoms with Crippen LogP contribution in [0, 0.1) is 6.92 Å². The van der Waals surface area contributed by atoms with Gasteiger partial charge in [0.05, 0.1) is 5.02 Å². The molecule has 2 heterocycles. The molecule has 0 bridgehead atoms. The monoisotopic (exact) mass is 194 g/mol. The van der Waals surface area contributed by atoms with Gasteiger partial charge in [-0.25, -0.2) is 0 Å². The highest BCUT2D eigenvalue weighted by atomic mass is 35.5. The normalized spacial score (nSPS) is 10.3. The second-order valence-electron chi connectivity index (χ2n) is 2.68. The fourth-order valence-corrected chi connectivity index (χ4v) is 1.26. The highest BCUT2D eigenvalue weighted by molar-refractivity contribution is 6.33. The molecule has 0 saturated carbocycles. The molecule has 0 aromatic carbocycles. The van der Waals surface area contributed by atoms with Crippen LogP contribution in [0.2, 0.25) is 5.02 Å². The summed E-state index contributed by atoms with van der Waals surface area (Å²) in [7, 11) is 0. The van der Waals surface area contributed by atoms with Gasteiger partial charge in [0.15, 0.2) is 0 Å². The van der Waals surface area contributed by atoms with Gasteiger partial charge in [0, 0.05) is 24.0 Å². The van der Waals surface area contributed by atoms with E-state index in [1.807, 2.05) is 13.0 Å². The van der Waals surface area contributed by atoms with Gasteiger partial charge in [0.2, 0.25) is 0 Å². The predicted octanol–water partition coefficient (Wildman–Crippen LogP) is 2.70. The Labute approximate surface area is 80.3 Å². The van der Waals surface area contributed by atoms with Crippen LogP contribution in [0.5, 0.6) is 0 Å². The number of aromatic nitrogens is 2. The second-order valence-corrected chi connectivity index (χ2v) is 3.09. The first-order valence-electron chi connectivity index (χ1n) is 3.80. The molecule has 0 aliphatic carbocycles. The Bertz CT molecular complexity index is 425. The molecule has 2 aromatic heterocycles. The third-order valence-corrected chi connectivity index (χ3v) is 2.00. The predicted molar refractivity (Wildman–Crippen MR) is 49.5 cm³/mol. The summed E-state index contributed by atoms with van der Waals surface area (Å²) >= 11 is 5.95. The van der Waals surface area contributed by atoms with E-state index in [-0.39, 0.29) is 0 Å². The lowest BCUT2D eigenvalue weighted by Crippen LogP contribution is -1.80. The van der Waals surface area contributed by atoms with E-state index in [2.05, 4.69) is 10.1 Å². The lowest BCUT2D eigenvalue weighted by atomic mass is 10.2. The average molecular weight is 195 g/mol. The molecule has 0 saturated heterocycles. The van der Waals surface area contributed by atoms with Crippen molar-refractivity contribution in [1.29, 1.82) is 0 Å². The van der Waals surface area contributed by atoms with E-state index in [0.717, 1.165) is 17.0 Å². The molecule has 0 aliphatic rings. The largest absolute Gasteiger partial charge is 0.361 e. The lowest BCUT2D eigenvalue weighted by molar-refractivity contribution is 0.399. The summed E-state index contributed by atoms with van der Waals surface area (Å²) in [5.41, 5.74) is 1.51. The van der Waals surface area contributed by atoms with Gasteiger partial charge in [-0.2, -0.15) is 0 Å². The third-order valence-electron chi connectivity index (χ3n) is 1.67. The second kappa shape index (κ2) is 3.18. The molecular weight excluding hydrogens is 188 g/mol. The molecule has 0 aliphatic heterocycles. The molecule has 0 amide bonds. The Kier molecular flexibility index (Phi) is 2.02. The van der Waals surface area contributed by atoms with Gasteiger partial charge >= 0.3 is 0 Å². The van der Waals surface area contributed by atoms with E-state index in [0.29, 0.717) is 5.02 Å². The van der Waals surface area contributed by atoms with Crippen molar-refractivity contribution < 1.29 is 4.52 Å². The molecule has 2 rings (SSSR count). The smallest absolute Gasteiger partial charge is 0.134 e. The lowest BCUT2D eigenvalue weighted by Gasteiger charge is -1.95. The molecule has 0 fully saturated rings. The standard InChI is InChI=1S/C9H7ClN2O/c1-6-4-9(12-13-6)7-5-11-3-2-8(7)10/h2-5H,1H3. The Hall–Kier alpha value is -1.35. The van der Waals surface area contributed by atoms with E-state index in [4.69, 9.17) is 16.1 Å². The SMILES string of the molecule is Cc1cc(-c2cnccc2Cl)no1. The topological polar surface area (TPSA) is 38.9 Å². The van der Waals surface area contributed by atoms with Crippen LogP contribution >= 0.6 is 11.6 Å². The number of nitrogens with zero attached hydrogens (tertiary/aromatic N) is 2. The first-order chi connectivity index (χ1) is 6.27. The van der Waals surface area contributed by atoms with Crippen molar-refractivity contribution in [2.45, 2.75) is 6.92 Å². The van der Waals surface area contributed by atoms with Crippen LogP contribution in [-0.2, 0) is 0 Å². The maximum absolute atomic E-state index is 5.95. The molecule has 66 valence electrons. The van der Waals surface area contributed by atoms with Gasteiger partial charge in [0.25, 0.3) is 0 Å². The van der Waals surface area contributed by atoms with E-state index < -0.39 is 0 Å². The van der Waals surface area contributed by atoms with Crippen LogP contribution in [0.25, 0.3) is 11.3 Å². The van der Waals surface area contributed by atoms with Gasteiger partial charge in [0.1, 0.15) is 11.5 Å². The van der Waals surface area contributed by atoms with E-state index in [9.17, 15) is 0 Å². The van der Waals surface area contributed by atoms with Crippen molar-refractivity contribution in [1.82, 2.24) is 10.1 Å². The third kappa shape index (κ3) is 1.55. The minimum atomic E-state index is 0.628. The van der Waals surface area contributed by atoms with Gasteiger partial charge in [-0.15, -0.1) is 0 Å². The maximum atomic E-state index is 5.95. The zero-order valence-electron chi connectivity index (χ0n) is 6.99. The molecule has 2 aromatic rings. The van der Waals surface area contributed by atoms with Crippen molar-refractivity contribution >= 4 is 11.6 Å². The number of halogens is 1. The highest BCUT2D eigenvalue weighted by Gasteiger charge is 2.07. The number of rotatable bonds is 1. The van der Waals surface area contributed by atoms with Crippen molar-refractivity contribution in [3.63, 3.8) is 0 Å². The summed E-state index contributed by atoms with van der Waals surface area (Å²) in [6.45, 7) is 1.83. The van der Waals surface area contributed by atoms with E-state index in [1.54, 1.807) is 18.5 Å². The quantitative estimate of drug-likeness (QED) is 0.701. The molecule has 4 heteroatoms. The number of pyridine rings is 1. The van der Waals surface area contributed by atoms with Gasteiger partial charge < -0.3 is 4.52 Å². The molecule has 0 unspecified atom stereocenters. The van der Waals surface area contributed by atoms with Gasteiger partial charge in [-0.1, -0.05) is 16.8 Å². The van der Waals surface area contributed by atoms with Crippen LogP contribution in [0.3, 0.4) is 0 Å². The number of hydrogen-bond acceptors (Lipinski definition) is 3. The zero-order valence-corrected chi connectivity index (χ0v) is 7.75. The minimum absolute atomic E-state index is 0.628. The van der Waals surface area contributed by atoms with Crippen LogP contribution in [0.15, 0.2) is 29.0 Å². The van der Waals surface area contributed by atoms with Gasteiger partial charge in [-0.05, 0) is 13.0 Å². The summed E-state index contributed by atoms with van der Waals surface area (Å²) < 4.78 is 4.94. The Balaban J connectivity index is 2.52. The molecule has 3 nitrogen and oxygen atoms in total. The van der Waals surface area contributed by atoms with Crippen LogP contribution in [0.4, 0.5) is 0 Å². The average Bonchev–Trinajstić information content (AvgIpc) is 2.53. The fraction of sp³-hybridized carbons (Fsp3) is 0.111. The maximum Gasteiger partial charge on any atom is 0.134 e. The van der Waals surface area contributed by atoms with E-state index in [1.165, 1.54) is 0 Å². The number of aryl methyl sites for hydroxylation is 1.